The molecule has 0 spiro atoms. The number of hydrogen-bond acceptors (Lipinski definition) is 3. The van der Waals surface area contributed by atoms with Crippen LogP contribution in [0.5, 0.6) is 0 Å². The first kappa shape index (κ1) is 10.2. The van der Waals surface area contributed by atoms with Crippen molar-refractivity contribution in [2.24, 2.45) is 0 Å². The lowest BCUT2D eigenvalue weighted by Crippen LogP contribution is -2.21. The molecule has 1 aromatic rings. The molecular weight excluding hydrogens is 190 g/mol. The van der Waals surface area contributed by atoms with E-state index in [-0.39, 0.29) is 0 Å². The summed E-state index contributed by atoms with van der Waals surface area (Å²) in [6.45, 7) is 1.97. The highest BCUT2D eigenvalue weighted by Gasteiger charge is 2.21. The Morgan fingerprint density at radius 1 is 1.40 bits per heavy atom. The maximum atomic E-state index is 11.2. The number of hydrogen-bond donors (Lipinski definition) is 0. The largest absolute Gasteiger partial charge is 0.380 e. The summed E-state index contributed by atoms with van der Waals surface area (Å²) in [5, 5.41) is 0. The molecule has 1 aliphatic rings. The van der Waals surface area contributed by atoms with E-state index in [1.807, 2.05) is 24.3 Å². The summed E-state index contributed by atoms with van der Waals surface area (Å²) < 4.78 is 5.14. The van der Waals surface area contributed by atoms with Crippen molar-refractivity contribution >= 4 is 11.5 Å². The Morgan fingerprint density at radius 2 is 2.20 bits per heavy atom. The maximum absolute atomic E-state index is 11.2. The van der Waals surface area contributed by atoms with Crippen LogP contribution in [-0.2, 0) is 16.1 Å². The van der Waals surface area contributed by atoms with Gasteiger partial charge in [-0.1, -0.05) is 18.2 Å². The zero-order valence-corrected chi connectivity index (χ0v) is 8.90. The molecule has 1 aliphatic heterocycles. The van der Waals surface area contributed by atoms with Crippen LogP contribution in [0.2, 0.25) is 0 Å². The van der Waals surface area contributed by atoms with Crippen molar-refractivity contribution in [2.75, 3.05) is 25.1 Å². The van der Waals surface area contributed by atoms with E-state index in [9.17, 15) is 4.79 Å². The molecule has 0 aliphatic carbocycles. The van der Waals surface area contributed by atoms with Gasteiger partial charge in [-0.05, 0) is 6.07 Å². The van der Waals surface area contributed by atoms with Crippen LogP contribution in [0.25, 0.3) is 0 Å². The third-order valence-corrected chi connectivity index (χ3v) is 2.66. The molecule has 0 bridgehead atoms. The van der Waals surface area contributed by atoms with E-state index in [0.717, 1.165) is 17.8 Å². The third kappa shape index (κ3) is 2.18. The number of para-hydroxylation sites is 1. The van der Waals surface area contributed by atoms with Crippen LogP contribution in [0.3, 0.4) is 0 Å². The molecule has 0 amide bonds. The number of rotatable bonds is 3. The molecule has 0 unspecified atom stereocenters. The van der Waals surface area contributed by atoms with E-state index in [0.29, 0.717) is 25.4 Å². The molecule has 3 nitrogen and oxygen atoms in total. The molecule has 3 heteroatoms. The Hall–Kier alpha value is -1.35. The van der Waals surface area contributed by atoms with Crippen LogP contribution in [0.15, 0.2) is 24.3 Å². The highest BCUT2D eigenvalue weighted by atomic mass is 16.5. The summed E-state index contributed by atoms with van der Waals surface area (Å²) in [6.07, 6.45) is 0.668. The summed E-state index contributed by atoms with van der Waals surface area (Å²) in [7, 11) is 1.69. The van der Waals surface area contributed by atoms with Gasteiger partial charge in [-0.15, -0.1) is 0 Å². The van der Waals surface area contributed by atoms with Gasteiger partial charge in [0, 0.05) is 31.3 Å². The second-order valence-electron chi connectivity index (χ2n) is 3.77. The fourth-order valence-electron chi connectivity index (χ4n) is 1.93. The van der Waals surface area contributed by atoms with Crippen molar-refractivity contribution in [3.05, 3.63) is 29.8 Å². The predicted octanol–water partition coefficient (Wildman–Crippen LogP) is 1.61. The number of carbonyl (C=O) groups excluding carboxylic acids is 1. The smallest absolute Gasteiger partial charge is 0.153 e. The second kappa shape index (κ2) is 4.45. The molecule has 0 atom stereocenters. The standard InChI is InChI=1S/C12H15NO2/c1-15-9-10-4-2-3-5-12(10)13-7-6-11(14)8-13/h2-5H,6-9H2,1H3. The Labute approximate surface area is 89.7 Å². The van der Waals surface area contributed by atoms with Gasteiger partial charge in [0.2, 0.25) is 0 Å². The van der Waals surface area contributed by atoms with Crippen LogP contribution < -0.4 is 4.90 Å². The summed E-state index contributed by atoms with van der Waals surface area (Å²) in [5.74, 6) is 0.321. The summed E-state index contributed by atoms with van der Waals surface area (Å²) in [6, 6.07) is 8.08. The van der Waals surface area contributed by atoms with E-state index >= 15 is 0 Å². The van der Waals surface area contributed by atoms with Crippen LogP contribution >= 0.6 is 0 Å². The van der Waals surface area contributed by atoms with Gasteiger partial charge in [0.1, 0.15) is 0 Å². The summed E-state index contributed by atoms with van der Waals surface area (Å²) in [4.78, 5) is 13.3. The number of benzene rings is 1. The zero-order chi connectivity index (χ0) is 10.7. The molecule has 1 aromatic carbocycles. The van der Waals surface area contributed by atoms with Gasteiger partial charge in [0.05, 0.1) is 13.2 Å². The topological polar surface area (TPSA) is 29.5 Å². The monoisotopic (exact) mass is 205 g/mol. The van der Waals surface area contributed by atoms with Crippen LogP contribution in [0, 0.1) is 0 Å². The zero-order valence-electron chi connectivity index (χ0n) is 8.90. The maximum Gasteiger partial charge on any atom is 0.153 e. The van der Waals surface area contributed by atoms with E-state index < -0.39 is 0 Å². The fourth-order valence-corrected chi connectivity index (χ4v) is 1.93. The Balaban J connectivity index is 2.22. The van der Waals surface area contributed by atoms with Gasteiger partial charge in [0.25, 0.3) is 0 Å². The van der Waals surface area contributed by atoms with Crippen molar-refractivity contribution < 1.29 is 9.53 Å². The van der Waals surface area contributed by atoms with E-state index in [1.54, 1.807) is 7.11 Å². The number of ether oxygens (including phenoxy) is 1. The molecule has 1 saturated heterocycles. The van der Waals surface area contributed by atoms with Crippen molar-refractivity contribution in [1.82, 2.24) is 0 Å². The minimum Gasteiger partial charge on any atom is -0.380 e. The molecule has 0 aromatic heterocycles. The summed E-state index contributed by atoms with van der Waals surface area (Å²) >= 11 is 0. The minimum atomic E-state index is 0.321. The summed E-state index contributed by atoms with van der Waals surface area (Å²) in [5.41, 5.74) is 2.28. The number of ketones is 1. The quantitative estimate of drug-likeness (QED) is 0.751. The Morgan fingerprint density at radius 3 is 2.87 bits per heavy atom. The molecule has 0 saturated carbocycles. The number of anilines is 1. The first-order chi connectivity index (χ1) is 7.31. The highest BCUT2D eigenvalue weighted by molar-refractivity contribution is 5.87. The average molecular weight is 205 g/mol. The van der Waals surface area contributed by atoms with Gasteiger partial charge < -0.3 is 9.64 Å². The molecule has 15 heavy (non-hydrogen) atoms. The molecular formula is C12H15NO2. The average Bonchev–Trinajstić information content (AvgIpc) is 2.66. The molecule has 80 valence electrons. The van der Waals surface area contributed by atoms with Gasteiger partial charge in [-0.25, -0.2) is 0 Å². The van der Waals surface area contributed by atoms with Crippen LogP contribution in [0.4, 0.5) is 5.69 Å². The van der Waals surface area contributed by atoms with Crippen molar-refractivity contribution in [3.63, 3.8) is 0 Å². The lowest BCUT2D eigenvalue weighted by Gasteiger charge is -2.20. The number of carbonyl (C=O) groups is 1. The Bertz CT molecular complexity index is 362. The van der Waals surface area contributed by atoms with Gasteiger partial charge in [-0.2, -0.15) is 0 Å². The van der Waals surface area contributed by atoms with E-state index in [4.69, 9.17) is 4.74 Å². The lowest BCUT2D eigenvalue weighted by atomic mass is 10.1. The van der Waals surface area contributed by atoms with Crippen molar-refractivity contribution in [2.45, 2.75) is 13.0 Å². The number of Topliss-reactive ketones (excluding diaryl/α,β-unsaturated/α-hetero) is 1. The highest BCUT2D eigenvalue weighted by Crippen LogP contribution is 2.23. The minimum absolute atomic E-state index is 0.321. The number of nitrogens with zero attached hydrogens (tertiary/aromatic N) is 1. The molecule has 1 heterocycles. The van der Waals surface area contributed by atoms with Gasteiger partial charge >= 0.3 is 0 Å². The van der Waals surface area contributed by atoms with Crippen LogP contribution in [-0.4, -0.2) is 26.0 Å². The Kier molecular flexibility index (Phi) is 3.02. The molecule has 0 radical (unpaired) electrons. The first-order valence-electron chi connectivity index (χ1n) is 5.15. The van der Waals surface area contributed by atoms with Crippen molar-refractivity contribution in [1.29, 1.82) is 0 Å². The van der Waals surface area contributed by atoms with Crippen molar-refractivity contribution in [3.8, 4) is 0 Å². The third-order valence-electron chi connectivity index (χ3n) is 2.66. The SMILES string of the molecule is COCc1ccccc1N1CCC(=O)C1. The molecule has 2 rings (SSSR count). The number of methoxy groups -OCH3 is 1. The van der Waals surface area contributed by atoms with E-state index in [2.05, 4.69) is 4.90 Å². The molecule has 0 N–H and O–H groups in total. The predicted molar refractivity (Wildman–Crippen MR) is 59.0 cm³/mol. The van der Waals surface area contributed by atoms with E-state index in [1.165, 1.54) is 0 Å². The first-order valence-corrected chi connectivity index (χ1v) is 5.15. The molecule has 1 fully saturated rings. The van der Waals surface area contributed by atoms with Gasteiger partial charge in [0.15, 0.2) is 5.78 Å². The normalized spacial score (nSPS) is 16.1. The lowest BCUT2D eigenvalue weighted by molar-refractivity contribution is -0.116. The van der Waals surface area contributed by atoms with Crippen LogP contribution in [0.1, 0.15) is 12.0 Å². The van der Waals surface area contributed by atoms with Gasteiger partial charge in [-0.3, -0.25) is 4.79 Å². The fraction of sp³-hybridized carbons (Fsp3) is 0.417. The second-order valence-corrected chi connectivity index (χ2v) is 3.77.